The molecule has 0 amide bonds. The SMILES string of the molecule is CCOc1ccnc(CC(C)Oc2cccnc2)c1. The number of aromatic nitrogens is 2. The molecule has 4 heteroatoms. The van der Waals surface area contributed by atoms with E-state index >= 15 is 0 Å². The van der Waals surface area contributed by atoms with Crippen molar-refractivity contribution >= 4 is 0 Å². The number of nitrogens with zero attached hydrogens (tertiary/aromatic N) is 2. The van der Waals surface area contributed by atoms with E-state index in [0.29, 0.717) is 6.61 Å². The predicted octanol–water partition coefficient (Wildman–Crippen LogP) is 2.89. The quantitative estimate of drug-likeness (QED) is 0.799. The molecule has 19 heavy (non-hydrogen) atoms. The summed E-state index contributed by atoms with van der Waals surface area (Å²) >= 11 is 0. The highest BCUT2D eigenvalue weighted by Crippen LogP contribution is 2.15. The first-order chi connectivity index (χ1) is 9.28. The number of hydrogen-bond acceptors (Lipinski definition) is 4. The Kier molecular flexibility index (Phi) is 4.72. The maximum atomic E-state index is 5.77. The Labute approximate surface area is 113 Å². The molecule has 0 aromatic carbocycles. The molecule has 0 N–H and O–H groups in total. The van der Waals surface area contributed by atoms with Gasteiger partial charge < -0.3 is 9.47 Å². The Bertz CT molecular complexity index is 503. The van der Waals surface area contributed by atoms with Gasteiger partial charge in [0.15, 0.2) is 0 Å². The topological polar surface area (TPSA) is 44.2 Å². The average Bonchev–Trinajstić information content (AvgIpc) is 2.40. The minimum atomic E-state index is 0.0357. The molecule has 1 atom stereocenters. The number of rotatable bonds is 6. The van der Waals surface area contributed by atoms with E-state index in [2.05, 4.69) is 9.97 Å². The summed E-state index contributed by atoms with van der Waals surface area (Å²) in [4.78, 5) is 8.35. The summed E-state index contributed by atoms with van der Waals surface area (Å²) in [7, 11) is 0. The van der Waals surface area contributed by atoms with Gasteiger partial charge in [-0.3, -0.25) is 9.97 Å². The molecule has 100 valence electrons. The Morgan fingerprint density at radius 3 is 2.84 bits per heavy atom. The molecule has 2 rings (SSSR count). The third-order valence-electron chi connectivity index (χ3n) is 2.57. The van der Waals surface area contributed by atoms with Crippen LogP contribution < -0.4 is 9.47 Å². The van der Waals surface area contributed by atoms with E-state index in [-0.39, 0.29) is 6.10 Å². The van der Waals surface area contributed by atoms with Gasteiger partial charge in [-0.1, -0.05) is 0 Å². The van der Waals surface area contributed by atoms with Gasteiger partial charge in [0, 0.05) is 30.6 Å². The summed E-state index contributed by atoms with van der Waals surface area (Å²) in [5.41, 5.74) is 0.961. The lowest BCUT2D eigenvalue weighted by molar-refractivity contribution is 0.220. The zero-order valence-corrected chi connectivity index (χ0v) is 11.2. The van der Waals surface area contributed by atoms with Crippen LogP contribution in [0.3, 0.4) is 0 Å². The van der Waals surface area contributed by atoms with Crippen LogP contribution in [0.1, 0.15) is 19.5 Å². The van der Waals surface area contributed by atoms with Crippen LogP contribution in [-0.4, -0.2) is 22.7 Å². The second kappa shape index (κ2) is 6.73. The monoisotopic (exact) mass is 258 g/mol. The fourth-order valence-electron chi connectivity index (χ4n) is 1.81. The van der Waals surface area contributed by atoms with Crippen molar-refractivity contribution in [3.63, 3.8) is 0 Å². The van der Waals surface area contributed by atoms with Crippen LogP contribution in [0.4, 0.5) is 0 Å². The van der Waals surface area contributed by atoms with Crippen molar-refractivity contribution in [3.8, 4) is 11.5 Å². The van der Waals surface area contributed by atoms with Crippen molar-refractivity contribution < 1.29 is 9.47 Å². The van der Waals surface area contributed by atoms with E-state index in [9.17, 15) is 0 Å². The van der Waals surface area contributed by atoms with Gasteiger partial charge in [0.1, 0.15) is 17.6 Å². The highest BCUT2D eigenvalue weighted by Gasteiger charge is 2.07. The molecule has 0 fully saturated rings. The van der Waals surface area contributed by atoms with Crippen molar-refractivity contribution in [2.75, 3.05) is 6.61 Å². The van der Waals surface area contributed by atoms with Gasteiger partial charge >= 0.3 is 0 Å². The standard InChI is InChI=1S/C15H18N2O2/c1-3-18-14-6-8-17-13(10-14)9-12(2)19-15-5-4-7-16-11-15/h4-8,10-12H,3,9H2,1-2H3. The van der Waals surface area contributed by atoms with E-state index in [0.717, 1.165) is 23.6 Å². The first-order valence-corrected chi connectivity index (χ1v) is 6.42. The summed E-state index contributed by atoms with van der Waals surface area (Å²) < 4.78 is 11.2. The van der Waals surface area contributed by atoms with Crippen LogP contribution in [0.2, 0.25) is 0 Å². The summed E-state index contributed by atoms with van der Waals surface area (Å²) in [5.74, 6) is 1.62. The lowest BCUT2D eigenvalue weighted by Gasteiger charge is -2.14. The van der Waals surface area contributed by atoms with E-state index < -0.39 is 0 Å². The van der Waals surface area contributed by atoms with Crippen LogP contribution in [0.5, 0.6) is 11.5 Å². The van der Waals surface area contributed by atoms with Crippen molar-refractivity contribution in [2.45, 2.75) is 26.4 Å². The van der Waals surface area contributed by atoms with Gasteiger partial charge in [-0.2, -0.15) is 0 Å². The first kappa shape index (κ1) is 13.3. The summed E-state index contributed by atoms with van der Waals surface area (Å²) in [6, 6.07) is 7.57. The number of hydrogen-bond donors (Lipinski definition) is 0. The molecule has 0 saturated carbocycles. The van der Waals surface area contributed by atoms with E-state index in [1.165, 1.54) is 0 Å². The zero-order valence-electron chi connectivity index (χ0n) is 11.2. The molecule has 0 aliphatic rings. The average molecular weight is 258 g/mol. The fraction of sp³-hybridized carbons (Fsp3) is 0.333. The van der Waals surface area contributed by atoms with Crippen LogP contribution in [0.15, 0.2) is 42.9 Å². The zero-order chi connectivity index (χ0) is 13.5. The van der Waals surface area contributed by atoms with Gasteiger partial charge in [0.25, 0.3) is 0 Å². The van der Waals surface area contributed by atoms with E-state index in [1.807, 2.05) is 38.1 Å². The van der Waals surface area contributed by atoms with Crippen LogP contribution in [0, 0.1) is 0 Å². The van der Waals surface area contributed by atoms with E-state index in [4.69, 9.17) is 9.47 Å². The maximum Gasteiger partial charge on any atom is 0.137 e. The Balaban J connectivity index is 1.95. The predicted molar refractivity (Wildman–Crippen MR) is 73.4 cm³/mol. The van der Waals surface area contributed by atoms with Crippen molar-refractivity contribution in [1.82, 2.24) is 9.97 Å². The van der Waals surface area contributed by atoms with Gasteiger partial charge in [-0.05, 0) is 32.0 Å². The molecule has 4 nitrogen and oxygen atoms in total. The second-order valence-electron chi connectivity index (χ2n) is 4.24. The molecule has 0 saturated heterocycles. The molecular formula is C15H18N2O2. The lowest BCUT2D eigenvalue weighted by atomic mass is 10.2. The van der Waals surface area contributed by atoms with Crippen molar-refractivity contribution in [3.05, 3.63) is 48.5 Å². The summed E-state index contributed by atoms with van der Waals surface area (Å²) in [5, 5.41) is 0. The molecule has 2 heterocycles. The summed E-state index contributed by atoms with van der Waals surface area (Å²) in [6.07, 6.45) is 5.96. The minimum Gasteiger partial charge on any atom is -0.494 e. The molecule has 0 radical (unpaired) electrons. The number of pyridine rings is 2. The summed E-state index contributed by atoms with van der Waals surface area (Å²) in [6.45, 7) is 4.64. The third-order valence-corrected chi connectivity index (χ3v) is 2.57. The molecule has 0 aliphatic heterocycles. The molecule has 0 spiro atoms. The van der Waals surface area contributed by atoms with Crippen molar-refractivity contribution in [1.29, 1.82) is 0 Å². The second-order valence-corrected chi connectivity index (χ2v) is 4.24. The largest absolute Gasteiger partial charge is 0.494 e. The number of ether oxygens (including phenoxy) is 2. The highest BCUT2D eigenvalue weighted by atomic mass is 16.5. The molecule has 2 aromatic rings. The minimum absolute atomic E-state index is 0.0357. The van der Waals surface area contributed by atoms with Crippen LogP contribution in [0.25, 0.3) is 0 Å². The Morgan fingerprint density at radius 1 is 1.21 bits per heavy atom. The fourth-order valence-corrected chi connectivity index (χ4v) is 1.81. The normalized spacial score (nSPS) is 11.9. The molecular weight excluding hydrogens is 240 g/mol. The molecule has 0 aliphatic carbocycles. The van der Waals surface area contributed by atoms with Gasteiger partial charge in [-0.15, -0.1) is 0 Å². The smallest absolute Gasteiger partial charge is 0.137 e. The van der Waals surface area contributed by atoms with Gasteiger partial charge in [0.05, 0.1) is 12.8 Å². The van der Waals surface area contributed by atoms with Gasteiger partial charge in [0.2, 0.25) is 0 Å². The van der Waals surface area contributed by atoms with Crippen molar-refractivity contribution in [2.24, 2.45) is 0 Å². The maximum absolute atomic E-state index is 5.77. The Hall–Kier alpha value is -2.10. The lowest BCUT2D eigenvalue weighted by Crippen LogP contribution is -2.16. The highest BCUT2D eigenvalue weighted by molar-refractivity contribution is 5.23. The Morgan fingerprint density at radius 2 is 2.11 bits per heavy atom. The molecule has 2 aromatic heterocycles. The van der Waals surface area contributed by atoms with E-state index in [1.54, 1.807) is 18.6 Å². The first-order valence-electron chi connectivity index (χ1n) is 6.42. The van der Waals surface area contributed by atoms with Crippen LogP contribution >= 0.6 is 0 Å². The van der Waals surface area contributed by atoms with Gasteiger partial charge in [-0.25, -0.2) is 0 Å². The molecule has 0 bridgehead atoms. The van der Waals surface area contributed by atoms with Crippen LogP contribution in [-0.2, 0) is 6.42 Å². The molecule has 1 unspecified atom stereocenters. The third kappa shape index (κ3) is 4.25.